The number of thioether (sulfide) groups is 1. The molecule has 1 unspecified atom stereocenters. The first-order valence-electron chi connectivity index (χ1n) is 10.5. The van der Waals surface area contributed by atoms with E-state index in [0.717, 1.165) is 28.1 Å². The molecule has 1 aliphatic heterocycles. The van der Waals surface area contributed by atoms with Crippen LogP contribution in [0.25, 0.3) is 6.08 Å². The predicted octanol–water partition coefficient (Wildman–Crippen LogP) is 4.70. The van der Waals surface area contributed by atoms with Gasteiger partial charge in [-0.2, -0.15) is 0 Å². The number of carbonyl (C=O) groups is 2. The number of aryl methyl sites for hydroxylation is 2. The number of amides is 2. The number of rotatable bonds is 6. The lowest BCUT2D eigenvalue weighted by Gasteiger charge is -2.21. The summed E-state index contributed by atoms with van der Waals surface area (Å²) < 4.78 is 5.20. The molecule has 0 fully saturated rings. The summed E-state index contributed by atoms with van der Waals surface area (Å²) in [6, 6.07) is 13.4. The van der Waals surface area contributed by atoms with E-state index in [2.05, 4.69) is 16.4 Å². The fraction of sp³-hybridized carbons (Fsp3) is 0.320. The first-order chi connectivity index (χ1) is 15.2. The average Bonchev–Trinajstić information content (AvgIpc) is 3.02. The second kappa shape index (κ2) is 10.0. The third-order valence-corrected chi connectivity index (χ3v) is 5.85. The largest absolute Gasteiger partial charge is 0.497 e. The molecular formula is C25H29N3O3S. The molecule has 0 bridgehead atoms. The molecule has 0 aliphatic carbocycles. The Labute approximate surface area is 193 Å². The van der Waals surface area contributed by atoms with Gasteiger partial charge in [-0.1, -0.05) is 30.0 Å². The molecule has 2 aromatic carbocycles. The SMILES string of the molecule is COc1ccc(/C=C2\N=C(SC(C)C(=O)NC(C)C)N(c3cc(C)cc(C)c3)C2=O)cc1. The number of hydrogen-bond acceptors (Lipinski definition) is 5. The zero-order chi connectivity index (χ0) is 23.4. The van der Waals surface area contributed by atoms with Crippen LogP contribution < -0.4 is 15.0 Å². The number of nitrogens with one attached hydrogen (secondary N) is 1. The molecular weight excluding hydrogens is 422 g/mol. The summed E-state index contributed by atoms with van der Waals surface area (Å²) in [5.74, 6) is 0.435. The van der Waals surface area contributed by atoms with Crippen LogP contribution in [0.2, 0.25) is 0 Å². The molecule has 0 spiro atoms. The Hall–Kier alpha value is -3.06. The van der Waals surface area contributed by atoms with E-state index in [1.54, 1.807) is 18.1 Å². The van der Waals surface area contributed by atoms with E-state index in [0.29, 0.717) is 10.9 Å². The lowest BCUT2D eigenvalue weighted by Crippen LogP contribution is -2.38. The standard InChI is InChI=1S/C25H29N3O3S/c1-15(2)26-23(29)18(5)32-25-27-22(14-19-7-9-21(31-6)10-8-19)24(30)28(25)20-12-16(3)11-17(4)13-20/h7-15,18H,1-6H3,(H,26,29)/b22-14-. The van der Waals surface area contributed by atoms with Gasteiger partial charge in [0.15, 0.2) is 5.17 Å². The predicted molar refractivity (Wildman–Crippen MR) is 132 cm³/mol. The van der Waals surface area contributed by atoms with Crippen molar-refractivity contribution in [3.8, 4) is 5.75 Å². The maximum absolute atomic E-state index is 13.4. The molecule has 32 heavy (non-hydrogen) atoms. The van der Waals surface area contributed by atoms with Gasteiger partial charge in [-0.25, -0.2) is 4.99 Å². The van der Waals surface area contributed by atoms with Gasteiger partial charge in [0.2, 0.25) is 5.91 Å². The summed E-state index contributed by atoms with van der Waals surface area (Å²) in [4.78, 5) is 32.1. The maximum Gasteiger partial charge on any atom is 0.283 e. The Morgan fingerprint density at radius 3 is 2.28 bits per heavy atom. The lowest BCUT2D eigenvalue weighted by atomic mass is 10.1. The molecule has 0 saturated carbocycles. The van der Waals surface area contributed by atoms with E-state index in [1.807, 2.05) is 71.0 Å². The molecule has 7 heteroatoms. The van der Waals surface area contributed by atoms with Crippen LogP contribution in [-0.4, -0.2) is 35.4 Å². The molecule has 0 radical (unpaired) electrons. The number of aliphatic imine (C=N–C) groups is 1. The minimum absolute atomic E-state index is 0.0405. The van der Waals surface area contributed by atoms with Crippen molar-refractivity contribution in [3.05, 3.63) is 64.9 Å². The summed E-state index contributed by atoms with van der Waals surface area (Å²) in [7, 11) is 1.61. The van der Waals surface area contributed by atoms with Crippen LogP contribution in [0.1, 0.15) is 37.5 Å². The number of anilines is 1. The lowest BCUT2D eigenvalue weighted by molar-refractivity contribution is -0.120. The number of benzene rings is 2. The van der Waals surface area contributed by atoms with Crippen LogP contribution in [0.15, 0.2) is 53.2 Å². The minimum atomic E-state index is -0.405. The first-order valence-corrected chi connectivity index (χ1v) is 11.4. The molecule has 1 atom stereocenters. The highest BCUT2D eigenvalue weighted by Gasteiger charge is 2.34. The van der Waals surface area contributed by atoms with Crippen molar-refractivity contribution < 1.29 is 14.3 Å². The Bertz CT molecular complexity index is 1050. The van der Waals surface area contributed by atoms with Crippen LogP contribution in [0.4, 0.5) is 5.69 Å². The molecule has 2 aromatic rings. The first kappa shape index (κ1) is 23.6. The zero-order valence-corrected chi connectivity index (χ0v) is 20.1. The zero-order valence-electron chi connectivity index (χ0n) is 19.3. The van der Waals surface area contributed by atoms with Crippen molar-refractivity contribution in [2.24, 2.45) is 4.99 Å². The summed E-state index contributed by atoms with van der Waals surface area (Å²) in [5, 5.41) is 3.00. The van der Waals surface area contributed by atoms with E-state index in [-0.39, 0.29) is 17.9 Å². The van der Waals surface area contributed by atoms with Gasteiger partial charge in [0.05, 0.1) is 18.0 Å². The van der Waals surface area contributed by atoms with Gasteiger partial charge in [-0.3, -0.25) is 14.5 Å². The van der Waals surface area contributed by atoms with E-state index in [4.69, 9.17) is 4.74 Å². The molecule has 0 aromatic heterocycles. The fourth-order valence-electron chi connectivity index (χ4n) is 3.35. The number of ether oxygens (including phenoxy) is 1. The average molecular weight is 452 g/mol. The Morgan fingerprint density at radius 1 is 1.09 bits per heavy atom. The van der Waals surface area contributed by atoms with Gasteiger partial charge in [0, 0.05) is 6.04 Å². The normalized spacial score (nSPS) is 15.8. The molecule has 0 saturated heterocycles. The second-order valence-electron chi connectivity index (χ2n) is 8.11. The number of nitrogens with zero attached hydrogens (tertiary/aromatic N) is 2. The van der Waals surface area contributed by atoms with Crippen molar-refractivity contribution in [1.29, 1.82) is 0 Å². The van der Waals surface area contributed by atoms with E-state index >= 15 is 0 Å². The summed E-state index contributed by atoms with van der Waals surface area (Å²) in [6.45, 7) is 9.65. The Balaban J connectivity index is 1.98. The van der Waals surface area contributed by atoms with Gasteiger partial charge in [0.1, 0.15) is 11.4 Å². The fourth-order valence-corrected chi connectivity index (χ4v) is 4.29. The molecule has 1 N–H and O–H groups in total. The van der Waals surface area contributed by atoms with Crippen LogP contribution in [-0.2, 0) is 9.59 Å². The number of amidine groups is 1. The van der Waals surface area contributed by atoms with Crippen LogP contribution in [0, 0.1) is 13.8 Å². The van der Waals surface area contributed by atoms with Gasteiger partial charge < -0.3 is 10.1 Å². The highest BCUT2D eigenvalue weighted by atomic mass is 32.2. The number of hydrogen-bond donors (Lipinski definition) is 1. The van der Waals surface area contributed by atoms with Gasteiger partial charge in [-0.05, 0) is 81.7 Å². The number of methoxy groups -OCH3 is 1. The second-order valence-corrected chi connectivity index (χ2v) is 9.41. The molecule has 3 rings (SSSR count). The summed E-state index contributed by atoms with van der Waals surface area (Å²) in [5.41, 5.74) is 4.02. The van der Waals surface area contributed by atoms with Crippen molar-refractivity contribution in [1.82, 2.24) is 5.32 Å². The summed E-state index contributed by atoms with van der Waals surface area (Å²) >= 11 is 1.28. The highest BCUT2D eigenvalue weighted by molar-refractivity contribution is 8.15. The summed E-state index contributed by atoms with van der Waals surface area (Å²) in [6.07, 6.45) is 1.75. The number of carbonyl (C=O) groups excluding carboxylic acids is 2. The van der Waals surface area contributed by atoms with Crippen LogP contribution >= 0.6 is 11.8 Å². The third-order valence-electron chi connectivity index (χ3n) is 4.80. The molecule has 168 valence electrons. The molecule has 6 nitrogen and oxygen atoms in total. The van der Waals surface area contributed by atoms with Gasteiger partial charge >= 0.3 is 0 Å². The Kier molecular flexibility index (Phi) is 7.40. The van der Waals surface area contributed by atoms with Gasteiger partial charge in [0.25, 0.3) is 5.91 Å². The van der Waals surface area contributed by atoms with E-state index in [9.17, 15) is 9.59 Å². The quantitative estimate of drug-likeness (QED) is 0.646. The van der Waals surface area contributed by atoms with Crippen LogP contribution in [0.3, 0.4) is 0 Å². The Morgan fingerprint density at radius 2 is 1.72 bits per heavy atom. The van der Waals surface area contributed by atoms with Crippen molar-refractivity contribution >= 4 is 40.5 Å². The van der Waals surface area contributed by atoms with Crippen molar-refractivity contribution in [2.45, 2.75) is 45.9 Å². The topological polar surface area (TPSA) is 71.0 Å². The minimum Gasteiger partial charge on any atom is -0.497 e. The third kappa shape index (κ3) is 5.59. The van der Waals surface area contributed by atoms with Gasteiger partial charge in [-0.15, -0.1) is 0 Å². The van der Waals surface area contributed by atoms with E-state index in [1.165, 1.54) is 11.8 Å². The smallest absolute Gasteiger partial charge is 0.283 e. The molecule has 1 heterocycles. The highest BCUT2D eigenvalue weighted by Crippen LogP contribution is 2.32. The maximum atomic E-state index is 13.4. The molecule has 2 amide bonds. The van der Waals surface area contributed by atoms with Crippen molar-refractivity contribution in [3.63, 3.8) is 0 Å². The van der Waals surface area contributed by atoms with E-state index < -0.39 is 5.25 Å². The van der Waals surface area contributed by atoms with Crippen molar-refractivity contribution in [2.75, 3.05) is 12.0 Å². The monoisotopic (exact) mass is 451 g/mol. The molecule has 1 aliphatic rings. The van der Waals surface area contributed by atoms with Crippen LogP contribution in [0.5, 0.6) is 5.75 Å².